The number of nitrogens with one attached hydrogen (secondary N) is 2. The van der Waals surface area contributed by atoms with Gasteiger partial charge in [-0.2, -0.15) is 0 Å². The van der Waals surface area contributed by atoms with Crippen LogP contribution in [0.2, 0.25) is 0 Å². The lowest BCUT2D eigenvalue weighted by atomic mass is 9.95. The summed E-state index contributed by atoms with van der Waals surface area (Å²) in [5.74, 6) is 0.190. The van der Waals surface area contributed by atoms with Gasteiger partial charge < -0.3 is 10.6 Å². The second-order valence-electron chi connectivity index (χ2n) is 7.49. The SMILES string of the molecule is CC(C)C(C)NC(=O)CN1CCC(C(=O)NCc2ccc(F)cc2)CC1. The predicted molar refractivity (Wildman–Crippen MR) is 99.9 cm³/mol. The van der Waals surface area contributed by atoms with E-state index in [9.17, 15) is 14.0 Å². The maximum absolute atomic E-state index is 12.9. The van der Waals surface area contributed by atoms with Crippen LogP contribution in [0.3, 0.4) is 0 Å². The van der Waals surface area contributed by atoms with Crippen LogP contribution in [-0.2, 0) is 16.1 Å². The molecule has 1 fully saturated rings. The van der Waals surface area contributed by atoms with Gasteiger partial charge in [0.25, 0.3) is 0 Å². The van der Waals surface area contributed by atoms with Gasteiger partial charge in [-0.25, -0.2) is 4.39 Å². The Hall–Kier alpha value is -1.95. The fourth-order valence-corrected chi connectivity index (χ4v) is 2.96. The standard InChI is InChI=1S/C20H30FN3O2/c1-14(2)15(3)23-19(25)13-24-10-8-17(9-11-24)20(26)22-12-16-4-6-18(21)7-5-16/h4-7,14-15,17H,8-13H2,1-3H3,(H,22,26)(H,23,25). The van der Waals surface area contributed by atoms with Crippen molar-refractivity contribution < 1.29 is 14.0 Å². The Morgan fingerprint density at radius 2 is 1.77 bits per heavy atom. The topological polar surface area (TPSA) is 61.4 Å². The average molecular weight is 363 g/mol. The third-order valence-corrected chi connectivity index (χ3v) is 5.09. The highest BCUT2D eigenvalue weighted by Gasteiger charge is 2.26. The van der Waals surface area contributed by atoms with Gasteiger partial charge in [-0.1, -0.05) is 26.0 Å². The summed E-state index contributed by atoms with van der Waals surface area (Å²) in [4.78, 5) is 26.5. The summed E-state index contributed by atoms with van der Waals surface area (Å²) in [5, 5.41) is 5.94. The van der Waals surface area contributed by atoms with E-state index < -0.39 is 0 Å². The number of carbonyl (C=O) groups excluding carboxylic acids is 2. The summed E-state index contributed by atoms with van der Waals surface area (Å²) in [7, 11) is 0. The fraction of sp³-hybridized carbons (Fsp3) is 0.600. The first-order chi connectivity index (χ1) is 12.3. The van der Waals surface area contributed by atoms with E-state index in [1.165, 1.54) is 12.1 Å². The minimum Gasteiger partial charge on any atom is -0.352 e. The van der Waals surface area contributed by atoms with E-state index in [0.29, 0.717) is 19.0 Å². The Labute approximate surface area is 155 Å². The molecule has 0 aliphatic carbocycles. The van der Waals surface area contributed by atoms with E-state index in [2.05, 4.69) is 29.4 Å². The van der Waals surface area contributed by atoms with Crippen LogP contribution in [0, 0.1) is 17.7 Å². The average Bonchev–Trinajstić information content (AvgIpc) is 2.61. The molecule has 144 valence electrons. The molecule has 1 atom stereocenters. The van der Waals surface area contributed by atoms with E-state index in [4.69, 9.17) is 0 Å². The lowest BCUT2D eigenvalue weighted by Crippen LogP contribution is -2.46. The van der Waals surface area contributed by atoms with E-state index in [0.717, 1.165) is 31.5 Å². The molecule has 5 nitrogen and oxygen atoms in total. The quantitative estimate of drug-likeness (QED) is 0.782. The second kappa shape index (κ2) is 9.67. The predicted octanol–water partition coefficient (Wildman–Crippen LogP) is 2.31. The van der Waals surface area contributed by atoms with Crippen molar-refractivity contribution in [3.05, 3.63) is 35.6 Å². The third kappa shape index (κ3) is 6.41. The van der Waals surface area contributed by atoms with Crippen molar-refractivity contribution in [2.75, 3.05) is 19.6 Å². The summed E-state index contributed by atoms with van der Waals surface area (Å²) in [6.45, 7) is 8.48. The van der Waals surface area contributed by atoms with Gasteiger partial charge in [0, 0.05) is 18.5 Å². The molecule has 1 aliphatic rings. The molecule has 1 heterocycles. The van der Waals surface area contributed by atoms with Crippen LogP contribution in [0.15, 0.2) is 24.3 Å². The maximum Gasteiger partial charge on any atom is 0.234 e. The van der Waals surface area contributed by atoms with Gasteiger partial charge in [0.2, 0.25) is 11.8 Å². The molecular weight excluding hydrogens is 333 g/mol. The van der Waals surface area contributed by atoms with E-state index in [1.54, 1.807) is 12.1 Å². The van der Waals surface area contributed by atoms with Crippen molar-refractivity contribution in [3.63, 3.8) is 0 Å². The molecule has 2 N–H and O–H groups in total. The van der Waals surface area contributed by atoms with Gasteiger partial charge in [0.15, 0.2) is 0 Å². The molecule has 0 saturated carbocycles. The van der Waals surface area contributed by atoms with Gasteiger partial charge >= 0.3 is 0 Å². The first-order valence-corrected chi connectivity index (χ1v) is 9.39. The summed E-state index contributed by atoms with van der Waals surface area (Å²) in [6.07, 6.45) is 1.50. The van der Waals surface area contributed by atoms with Gasteiger partial charge in [0.1, 0.15) is 5.82 Å². The van der Waals surface area contributed by atoms with Crippen LogP contribution in [0.1, 0.15) is 39.2 Å². The number of piperidine rings is 1. The van der Waals surface area contributed by atoms with Crippen LogP contribution in [-0.4, -0.2) is 42.4 Å². The van der Waals surface area contributed by atoms with Crippen molar-refractivity contribution in [2.24, 2.45) is 11.8 Å². The molecule has 1 aliphatic heterocycles. The molecule has 1 aromatic carbocycles. The fourth-order valence-electron chi connectivity index (χ4n) is 2.96. The molecule has 1 saturated heterocycles. The van der Waals surface area contributed by atoms with Gasteiger partial charge in [0.05, 0.1) is 6.54 Å². The molecule has 2 rings (SSSR count). The molecule has 0 radical (unpaired) electrons. The lowest BCUT2D eigenvalue weighted by molar-refractivity contribution is -0.127. The van der Waals surface area contributed by atoms with E-state index in [-0.39, 0.29) is 29.6 Å². The van der Waals surface area contributed by atoms with E-state index >= 15 is 0 Å². The maximum atomic E-state index is 12.9. The van der Waals surface area contributed by atoms with Gasteiger partial charge in [-0.05, 0) is 56.5 Å². The first kappa shape index (κ1) is 20.4. The van der Waals surface area contributed by atoms with Crippen molar-refractivity contribution in [2.45, 2.75) is 46.2 Å². The molecule has 0 spiro atoms. The highest BCUT2D eigenvalue weighted by atomic mass is 19.1. The number of rotatable bonds is 7. The largest absolute Gasteiger partial charge is 0.352 e. The molecule has 1 aromatic rings. The number of halogens is 1. The summed E-state index contributed by atoms with van der Waals surface area (Å²) >= 11 is 0. The molecule has 26 heavy (non-hydrogen) atoms. The smallest absolute Gasteiger partial charge is 0.234 e. The summed E-state index contributed by atoms with van der Waals surface area (Å²) in [5.41, 5.74) is 0.883. The molecule has 6 heteroatoms. The number of nitrogens with zero attached hydrogens (tertiary/aromatic N) is 1. The zero-order valence-electron chi connectivity index (χ0n) is 15.9. The third-order valence-electron chi connectivity index (χ3n) is 5.09. The Balaban J connectivity index is 1.69. The zero-order valence-corrected chi connectivity index (χ0v) is 15.9. The summed E-state index contributed by atoms with van der Waals surface area (Å²) in [6, 6.07) is 6.30. The van der Waals surface area contributed by atoms with Crippen molar-refractivity contribution in [1.82, 2.24) is 15.5 Å². The Morgan fingerprint density at radius 1 is 1.15 bits per heavy atom. The molecule has 0 aromatic heterocycles. The zero-order chi connectivity index (χ0) is 19.1. The Morgan fingerprint density at radius 3 is 2.35 bits per heavy atom. The van der Waals surface area contributed by atoms with Crippen LogP contribution >= 0.6 is 0 Å². The number of benzene rings is 1. The van der Waals surface area contributed by atoms with Crippen LogP contribution in [0.4, 0.5) is 4.39 Å². The van der Waals surface area contributed by atoms with Crippen LogP contribution in [0.5, 0.6) is 0 Å². The van der Waals surface area contributed by atoms with Crippen molar-refractivity contribution in [3.8, 4) is 0 Å². The van der Waals surface area contributed by atoms with Gasteiger partial charge in [-0.15, -0.1) is 0 Å². The van der Waals surface area contributed by atoms with Gasteiger partial charge in [-0.3, -0.25) is 14.5 Å². The second-order valence-corrected chi connectivity index (χ2v) is 7.49. The number of hydrogen-bond donors (Lipinski definition) is 2. The monoisotopic (exact) mass is 363 g/mol. The van der Waals surface area contributed by atoms with Crippen molar-refractivity contribution in [1.29, 1.82) is 0 Å². The number of amides is 2. The highest BCUT2D eigenvalue weighted by Crippen LogP contribution is 2.17. The normalized spacial score (nSPS) is 17.1. The number of likely N-dealkylation sites (tertiary alicyclic amines) is 1. The summed E-state index contributed by atoms with van der Waals surface area (Å²) < 4.78 is 12.9. The van der Waals surface area contributed by atoms with Crippen LogP contribution in [0.25, 0.3) is 0 Å². The minimum absolute atomic E-state index is 0.0238. The van der Waals surface area contributed by atoms with Crippen LogP contribution < -0.4 is 10.6 Å². The molecular formula is C20H30FN3O2. The van der Waals surface area contributed by atoms with E-state index in [1.807, 2.05) is 6.92 Å². The minimum atomic E-state index is -0.278. The molecule has 0 bridgehead atoms. The number of hydrogen-bond acceptors (Lipinski definition) is 3. The lowest BCUT2D eigenvalue weighted by Gasteiger charge is -2.31. The first-order valence-electron chi connectivity index (χ1n) is 9.39. The highest BCUT2D eigenvalue weighted by molar-refractivity contribution is 5.79. The number of carbonyl (C=O) groups is 2. The molecule has 2 amide bonds. The Bertz CT molecular complexity index is 596. The van der Waals surface area contributed by atoms with Crippen molar-refractivity contribution >= 4 is 11.8 Å². The molecule has 1 unspecified atom stereocenters. The Kier molecular flexibility index (Phi) is 7.57.